The van der Waals surface area contributed by atoms with Crippen LogP contribution in [0.25, 0.3) is 0 Å². The third-order valence-electron chi connectivity index (χ3n) is 3.64. The molecule has 1 aliphatic carbocycles. The lowest BCUT2D eigenvalue weighted by atomic mass is 9.89. The highest BCUT2D eigenvalue weighted by Gasteiger charge is 2.32. The Bertz CT molecular complexity index is 329. The van der Waals surface area contributed by atoms with E-state index in [-0.39, 0.29) is 0 Å². The maximum Gasteiger partial charge on any atom is 0.196 e. The van der Waals surface area contributed by atoms with Crippen LogP contribution in [0, 0.1) is 5.92 Å². The van der Waals surface area contributed by atoms with Crippen LogP contribution >= 0.6 is 0 Å². The van der Waals surface area contributed by atoms with E-state index >= 15 is 0 Å². The standard InChI is InChI=1S/C16H26O3/c1-2-3-4-5-6-7-8-9-14-10-11-16(18,19)15(12-14)13-17/h10-13,15,18-19H,2-9H2,1H3. The van der Waals surface area contributed by atoms with Crippen molar-refractivity contribution in [1.82, 2.24) is 0 Å². The van der Waals surface area contributed by atoms with Crippen molar-refractivity contribution in [3.8, 4) is 0 Å². The maximum atomic E-state index is 10.8. The molecule has 1 aliphatic rings. The van der Waals surface area contributed by atoms with Crippen LogP contribution in [0.2, 0.25) is 0 Å². The van der Waals surface area contributed by atoms with Crippen LogP contribution in [0.3, 0.4) is 0 Å². The number of aldehydes is 1. The minimum absolute atomic E-state index is 0.592. The van der Waals surface area contributed by atoms with Crippen molar-refractivity contribution in [3.63, 3.8) is 0 Å². The Morgan fingerprint density at radius 2 is 1.79 bits per heavy atom. The molecule has 2 N–H and O–H groups in total. The molecule has 0 bridgehead atoms. The van der Waals surface area contributed by atoms with Crippen molar-refractivity contribution in [3.05, 3.63) is 23.8 Å². The molecule has 3 heteroatoms. The lowest BCUT2D eigenvalue weighted by Gasteiger charge is -2.26. The predicted octanol–water partition coefficient (Wildman–Crippen LogP) is 3.12. The Labute approximate surface area is 116 Å². The van der Waals surface area contributed by atoms with Gasteiger partial charge in [0.2, 0.25) is 0 Å². The molecule has 0 aromatic rings. The number of rotatable bonds is 9. The van der Waals surface area contributed by atoms with Crippen molar-refractivity contribution in [2.45, 2.75) is 64.1 Å². The summed E-state index contributed by atoms with van der Waals surface area (Å²) in [6, 6.07) is 0. The zero-order chi connectivity index (χ0) is 14.1. The molecule has 1 atom stereocenters. The second kappa shape index (κ2) is 8.28. The topological polar surface area (TPSA) is 57.5 Å². The summed E-state index contributed by atoms with van der Waals surface area (Å²) in [5, 5.41) is 19.1. The Morgan fingerprint density at radius 3 is 2.42 bits per heavy atom. The molecule has 0 fully saturated rings. The smallest absolute Gasteiger partial charge is 0.196 e. The molecule has 0 spiro atoms. The third kappa shape index (κ3) is 5.70. The minimum Gasteiger partial charge on any atom is -0.362 e. The molecule has 1 unspecified atom stereocenters. The fraction of sp³-hybridized carbons (Fsp3) is 0.688. The molecule has 0 aromatic carbocycles. The van der Waals surface area contributed by atoms with Crippen LogP contribution in [0.1, 0.15) is 58.3 Å². The molecule has 0 saturated carbocycles. The Hall–Kier alpha value is -0.930. The first-order chi connectivity index (χ1) is 9.10. The Kier molecular flexibility index (Phi) is 7.03. The van der Waals surface area contributed by atoms with Crippen molar-refractivity contribution < 1.29 is 15.0 Å². The van der Waals surface area contributed by atoms with Crippen molar-refractivity contribution in [1.29, 1.82) is 0 Å². The van der Waals surface area contributed by atoms with Gasteiger partial charge in [-0.05, 0) is 18.9 Å². The first-order valence-electron chi connectivity index (χ1n) is 7.40. The summed E-state index contributed by atoms with van der Waals surface area (Å²) in [4.78, 5) is 10.8. The van der Waals surface area contributed by atoms with Crippen LogP contribution in [0.5, 0.6) is 0 Å². The van der Waals surface area contributed by atoms with Crippen LogP contribution in [0.4, 0.5) is 0 Å². The number of hydrogen-bond acceptors (Lipinski definition) is 3. The summed E-state index contributed by atoms with van der Waals surface area (Å²) in [5.74, 6) is -2.84. The quantitative estimate of drug-likeness (QED) is 0.383. The van der Waals surface area contributed by atoms with Crippen LogP contribution in [0.15, 0.2) is 23.8 Å². The molecule has 0 amide bonds. The van der Waals surface area contributed by atoms with E-state index in [4.69, 9.17) is 0 Å². The van der Waals surface area contributed by atoms with E-state index in [2.05, 4.69) is 6.92 Å². The van der Waals surface area contributed by atoms with Crippen molar-refractivity contribution >= 4 is 6.29 Å². The summed E-state index contributed by atoms with van der Waals surface area (Å²) in [6.45, 7) is 2.22. The number of hydrogen-bond donors (Lipinski definition) is 2. The van der Waals surface area contributed by atoms with Crippen molar-refractivity contribution in [2.75, 3.05) is 0 Å². The van der Waals surface area contributed by atoms with Gasteiger partial charge in [-0.3, -0.25) is 0 Å². The summed E-state index contributed by atoms with van der Waals surface area (Å²) in [5.41, 5.74) is 1.03. The highest BCUT2D eigenvalue weighted by atomic mass is 16.5. The molecule has 0 radical (unpaired) electrons. The van der Waals surface area contributed by atoms with Gasteiger partial charge in [0.1, 0.15) is 6.29 Å². The first kappa shape index (κ1) is 16.1. The Balaban J connectivity index is 2.22. The second-order valence-electron chi connectivity index (χ2n) is 5.39. The lowest BCUT2D eigenvalue weighted by molar-refractivity contribution is -0.154. The van der Waals surface area contributed by atoms with Crippen molar-refractivity contribution in [2.24, 2.45) is 5.92 Å². The van der Waals surface area contributed by atoms with E-state index in [0.29, 0.717) is 6.29 Å². The van der Waals surface area contributed by atoms with Crippen LogP contribution in [-0.4, -0.2) is 22.3 Å². The number of allylic oxidation sites excluding steroid dienone is 2. The second-order valence-corrected chi connectivity index (χ2v) is 5.39. The molecule has 0 aromatic heterocycles. The normalized spacial score (nSPS) is 21.2. The van der Waals surface area contributed by atoms with Crippen LogP contribution < -0.4 is 0 Å². The lowest BCUT2D eigenvalue weighted by Crippen LogP contribution is -2.37. The van der Waals surface area contributed by atoms with Gasteiger partial charge in [-0.25, -0.2) is 0 Å². The summed E-state index contributed by atoms with van der Waals surface area (Å²) < 4.78 is 0. The molecule has 0 heterocycles. The van der Waals surface area contributed by atoms with E-state index in [1.54, 1.807) is 12.2 Å². The van der Waals surface area contributed by atoms with Gasteiger partial charge >= 0.3 is 0 Å². The van der Waals surface area contributed by atoms with E-state index in [1.807, 2.05) is 0 Å². The van der Waals surface area contributed by atoms with E-state index in [1.165, 1.54) is 44.6 Å². The summed E-state index contributed by atoms with van der Waals surface area (Å²) >= 11 is 0. The van der Waals surface area contributed by atoms with E-state index in [9.17, 15) is 15.0 Å². The highest BCUT2D eigenvalue weighted by Crippen LogP contribution is 2.26. The molecule has 108 valence electrons. The Morgan fingerprint density at radius 1 is 1.16 bits per heavy atom. The summed E-state index contributed by atoms with van der Waals surface area (Å²) in [7, 11) is 0. The van der Waals surface area contributed by atoms with Crippen LogP contribution in [-0.2, 0) is 4.79 Å². The minimum atomic E-state index is -2.01. The van der Waals surface area contributed by atoms with Gasteiger partial charge in [0, 0.05) is 0 Å². The average Bonchev–Trinajstić information content (AvgIpc) is 2.39. The van der Waals surface area contributed by atoms with Gasteiger partial charge in [-0.15, -0.1) is 0 Å². The van der Waals surface area contributed by atoms with E-state index in [0.717, 1.165) is 18.4 Å². The SMILES string of the molecule is CCCCCCCCCC1=CC(C=O)C(O)(O)C=C1. The average molecular weight is 266 g/mol. The van der Waals surface area contributed by atoms with Gasteiger partial charge < -0.3 is 15.0 Å². The molecule has 3 nitrogen and oxygen atoms in total. The number of aliphatic hydroxyl groups is 2. The fourth-order valence-corrected chi connectivity index (χ4v) is 2.34. The third-order valence-corrected chi connectivity index (χ3v) is 3.64. The number of carbonyl (C=O) groups excluding carboxylic acids is 1. The van der Waals surface area contributed by atoms with E-state index < -0.39 is 11.7 Å². The summed E-state index contributed by atoms with van der Waals surface area (Å²) in [6.07, 6.45) is 15.0. The van der Waals surface area contributed by atoms with Gasteiger partial charge in [0.15, 0.2) is 5.79 Å². The van der Waals surface area contributed by atoms with Gasteiger partial charge in [-0.2, -0.15) is 0 Å². The van der Waals surface area contributed by atoms with Gasteiger partial charge in [0.25, 0.3) is 0 Å². The molecule has 1 rings (SSSR count). The molecular weight excluding hydrogens is 240 g/mol. The number of carbonyl (C=O) groups is 1. The highest BCUT2D eigenvalue weighted by molar-refractivity contribution is 5.61. The zero-order valence-corrected chi connectivity index (χ0v) is 11.8. The molecule has 0 saturated heterocycles. The monoisotopic (exact) mass is 266 g/mol. The van der Waals surface area contributed by atoms with Gasteiger partial charge in [0.05, 0.1) is 5.92 Å². The first-order valence-corrected chi connectivity index (χ1v) is 7.40. The molecular formula is C16H26O3. The zero-order valence-electron chi connectivity index (χ0n) is 11.8. The molecule has 19 heavy (non-hydrogen) atoms. The molecule has 0 aliphatic heterocycles. The largest absolute Gasteiger partial charge is 0.362 e. The fourth-order valence-electron chi connectivity index (χ4n) is 2.34. The number of unbranched alkanes of at least 4 members (excludes halogenated alkanes) is 6. The van der Waals surface area contributed by atoms with Gasteiger partial charge in [-0.1, -0.05) is 63.2 Å². The maximum absolute atomic E-state index is 10.8. The predicted molar refractivity (Wildman–Crippen MR) is 76.6 cm³/mol.